The zero-order valence-corrected chi connectivity index (χ0v) is 16.3. The third-order valence-electron chi connectivity index (χ3n) is 5.38. The van der Waals surface area contributed by atoms with Crippen molar-refractivity contribution in [2.45, 2.75) is 0 Å². The lowest BCUT2D eigenvalue weighted by Gasteiger charge is -2.42. The van der Waals surface area contributed by atoms with Crippen molar-refractivity contribution in [2.75, 3.05) is 45.9 Å². The summed E-state index contributed by atoms with van der Waals surface area (Å²) in [6, 6.07) is 9.18. The highest BCUT2D eigenvalue weighted by molar-refractivity contribution is 5.91. The molecular weight excluding hydrogens is 393 g/mol. The van der Waals surface area contributed by atoms with Crippen LogP contribution in [0.3, 0.4) is 0 Å². The summed E-state index contributed by atoms with van der Waals surface area (Å²) < 4.78 is 23.9. The monoisotopic (exact) mass is 415 g/mol. The standard InChI is InChI=1S/C21H22FN3O5/c22-16-4-1-2-5-17(16)30-14-19(26)25-12-15(13-25)20(27)23-7-9-24(10-8-23)21(28)18-6-3-11-29-18/h1-6,11,15H,7-10,12-14H2. The van der Waals surface area contributed by atoms with Crippen LogP contribution in [0.15, 0.2) is 47.1 Å². The van der Waals surface area contributed by atoms with E-state index in [4.69, 9.17) is 9.15 Å². The molecule has 2 aromatic rings. The van der Waals surface area contributed by atoms with E-state index in [1.165, 1.54) is 23.3 Å². The molecule has 3 heterocycles. The van der Waals surface area contributed by atoms with Gasteiger partial charge in [0, 0.05) is 39.3 Å². The van der Waals surface area contributed by atoms with Gasteiger partial charge in [0.1, 0.15) is 0 Å². The second kappa shape index (κ2) is 8.56. The average molecular weight is 415 g/mol. The van der Waals surface area contributed by atoms with Crippen LogP contribution in [0, 0.1) is 11.7 Å². The molecule has 0 spiro atoms. The van der Waals surface area contributed by atoms with Gasteiger partial charge in [-0.2, -0.15) is 0 Å². The third kappa shape index (κ3) is 4.14. The van der Waals surface area contributed by atoms with Crippen molar-refractivity contribution in [3.8, 4) is 5.75 Å². The summed E-state index contributed by atoms with van der Waals surface area (Å²) >= 11 is 0. The van der Waals surface area contributed by atoms with E-state index in [9.17, 15) is 18.8 Å². The van der Waals surface area contributed by atoms with Crippen molar-refractivity contribution in [1.29, 1.82) is 0 Å². The van der Waals surface area contributed by atoms with Crippen LogP contribution in [-0.2, 0) is 9.59 Å². The van der Waals surface area contributed by atoms with Crippen LogP contribution in [0.5, 0.6) is 5.75 Å². The van der Waals surface area contributed by atoms with Gasteiger partial charge in [0.15, 0.2) is 23.9 Å². The lowest BCUT2D eigenvalue weighted by atomic mass is 9.98. The number of carbonyl (C=O) groups excluding carboxylic acids is 3. The SMILES string of the molecule is O=C(COc1ccccc1F)N1CC(C(=O)N2CCN(C(=O)c3ccco3)CC2)C1. The maximum absolute atomic E-state index is 13.5. The van der Waals surface area contributed by atoms with E-state index in [2.05, 4.69) is 0 Å². The number of hydrogen-bond donors (Lipinski definition) is 0. The van der Waals surface area contributed by atoms with Gasteiger partial charge in [-0.3, -0.25) is 14.4 Å². The topological polar surface area (TPSA) is 83.3 Å². The first kappa shape index (κ1) is 19.9. The van der Waals surface area contributed by atoms with Gasteiger partial charge in [-0.15, -0.1) is 0 Å². The lowest BCUT2D eigenvalue weighted by Crippen LogP contribution is -2.60. The van der Waals surface area contributed by atoms with E-state index in [0.717, 1.165) is 0 Å². The molecule has 30 heavy (non-hydrogen) atoms. The number of carbonyl (C=O) groups is 3. The number of rotatable bonds is 5. The van der Waals surface area contributed by atoms with Gasteiger partial charge in [-0.05, 0) is 24.3 Å². The number of hydrogen-bond acceptors (Lipinski definition) is 5. The summed E-state index contributed by atoms with van der Waals surface area (Å²) in [4.78, 5) is 42.1. The summed E-state index contributed by atoms with van der Waals surface area (Å²) in [6.45, 7) is 2.16. The van der Waals surface area contributed by atoms with Crippen molar-refractivity contribution < 1.29 is 27.9 Å². The maximum Gasteiger partial charge on any atom is 0.289 e. The van der Waals surface area contributed by atoms with E-state index < -0.39 is 5.82 Å². The Hall–Kier alpha value is -3.36. The Morgan fingerprint density at radius 1 is 0.967 bits per heavy atom. The zero-order valence-electron chi connectivity index (χ0n) is 16.3. The highest BCUT2D eigenvalue weighted by Gasteiger charge is 2.39. The molecule has 1 aromatic heterocycles. The Morgan fingerprint density at radius 2 is 1.67 bits per heavy atom. The number of amides is 3. The first-order valence-electron chi connectivity index (χ1n) is 9.79. The molecule has 2 aliphatic heterocycles. The van der Waals surface area contributed by atoms with E-state index in [0.29, 0.717) is 45.0 Å². The number of para-hydroxylation sites is 1. The van der Waals surface area contributed by atoms with Crippen molar-refractivity contribution >= 4 is 17.7 Å². The third-order valence-corrected chi connectivity index (χ3v) is 5.38. The Bertz CT molecular complexity index is 918. The number of piperazine rings is 1. The number of likely N-dealkylation sites (tertiary alicyclic amines) is 1. The van der Waals surface area contributed by atoms with Gasteiger partial charge in [0.25, 0.3) is 11.8 Å². The largest absolute Gasteiger partial charge is 0.481 e. The fraction of sp³-hybridized carbons (Fsp3) is 0.381. The van der Waals surface area contributed by atoms with E-state index in [1.807, 2.05) is 0 Å². The average Bonchev–Trinajstić information content (AvgIpc) is 3.26. The predicted octanol–water partition coefficient (Wildman–Crippen LogP) is 1.24. The molecule has 0 radical (unpaired) electrons. The minimum atomic E-state index is -0.522. The highest BCUT2D eigenvalue weighted by Crippen LogP contribution is 2.21. The van der Waals surface area contributed by atoms with Crippen LogP contribution in [-0.4, -0.2) is 78.3 Å². The van der Waals surface area contributed by atoms with E-state index in [1.54, 1.807) is 34.1 Å². The van der Waals surface area contributed by atoms with E-state index >= 15 is 0 Å². The second-order valence-electron chi connectivity index (χ2n) is 7.31. The fourth-order valence-corrected chi connectivity index (χ4v) is 3.58. The molecule has 3 amide bonds. The lowest BCUT2D eigenvalue weighted by molar-refractivity contribution is -0.150. The van der Waals surface area contributed by atoms with Gasteiger partial charge in [-0.25, -0.2) is 4.39 Å². The predicted molar refractivity (Wildman–Crippen MR) is 103 cm³/mol. The van der Waals surface area contributed by atoms with Crippen LogP contribution in [0.2, 0.25) is 0 Å². The van der Waals surface area contributed by atoms with Crippen LogP contribution < -0.4 is 4.74 Å². The molecule has 2 aliphatic rings. The number of halogens is 1. The molecule has 0 saturated carbocycles. The Morgan fingerprint density at radius 3 is 2.33 bits per heavy atom. The summed E-state index contributed by atoms with van der Waals surface area (Å²) in [5.41, 5.74) is 0. The van der Waals surface area contributed by atoms with Crippen LogP contribution in [0.1, 0.15) is 10.6 Å². The first-order chi connectivity index (χ1) is 14.5. The maximum atomic E-state index is 13.5. The molecule has 0 unspecified atom stereocenters. The van der Waals surface area contributed by atoms with Crippen LogP contribution >= 0.6 is 0 Å². The highest BCUT2D eigenvalue weighted by atomic mass is 19.1. The van der Waals surface area contributed by atoms with Crippen molar-refractivity contribution in [1.82, 2.24) is 14.7 Å². The van der Waals surface area contributed by atoms with Crippen molar-refractivity contribution in [3.63, 3.8) is 0 Å². The first-order valence-corrected chi connectivity index (χ1v) is 9.79. The van der Waals surface area contributed by atoms with Gasteiger partial charge < -0.3 is 23.9 Å². The summed E-state index contributed by atoms with van der Waals surface area (Å²) in [5.74, 6) is -0.930. The molecule has 0 bridgehead atoms. The molecule has 4 rings (SSSR count). The zero-order chi connectivity index (χ0) is 21.1. The fourth-order valence-electron chi connectivity index (χ4n) is 3.58. The van der Waals surface area contributed by atoms with Crippen LogP contribution in [0.25, 0.3) is 0 Å². The van der Waals surface area contributed by atoms with Gasteiger partial charge in [0.05, 0.1) is 12.2 Å². The molecule has 2 saturated heterocycles. The molecule has 9 heteroatoms. The van der Waals surface area contributed by atoms with Crippen molar-refractivity contribution in [2.24, 2.45) is 5.92 Å². The number of furan rings is 1. The molecule has 158 valence electrons. The minimum Gasteiger partial charge on any atom is -0.481 e. The summed E-state index contributed by atoms with van der Waals surface area (Å²) in [5, 5.41) is 0. The molecule has 0 atom stereocenters. The van der Waals surface area contributed by atoms with Gasteiger partial charge >= 0.3 is 0 Å². The van der Waals surface area contributed by atoms with Crippen molar-refractivity contribution in [3.05, 3.63) is 54.2 Å². The number of benzene rings is 1. The molecular formula is C21H22FN3O5. The Labute approximate surface area is 172 Å². The van der Waals surface area contributed by atoms with E-state index in [-0.39, 0.29) is 36.0 Å². The normalized spacial score (nSPS) is 16.9. The Balaban J connectivity index is 1.20. The molecule has 1 aromatic carbocycles. The smallest absolute Gasteiger partial charge is 0.289 e. The quantitative estimate of drug-likeness (QED) is 0.734. The molecule has 0 aliphatic carbocycles. The molecule has 2 fully saturated rings. The summed E-state index contributed by atoms with van der Waals surface area (Å²) in [6.07, 6.45) is 1.46. The number of nitrogens with zero attached hydrogens (tertiary/aromatic N) is 3. The molecule has 8 nitrogen and oxygen atoms in total. The Kier molecular flexibility index (Phi) is 5.69. The minimum absolute atomic E-state index is 0.0147. The van der Waals surface area contributed by atoms with Gasteiger partial charge in [-0.1, -0.05) is 12.1 Å². The van der Waals surface area contributed by atoms with Gasteiger partial charge in [0.2, 0.25) is 5.91 Å². The van der Waals surface area contributed by atoms with Crippen LogP contribution in [0.4, 0.5) is 4.39 Å². The number of ether oxygens (including phenoxy) is 1. The summed E-state index contributed by atoms with van der Waals surface area (Å²) in [7, 11) is 0. The second-order valence-corrected chi connectivity index (χ2v) is 7.31. The molecule has 0 N–H and O–H groups in total.